The van der Waals surface area contributed by atoms with Gasteiger partial charge >= 0.3 is 6.16 Å². The van der Waals surface area contributed by atoms with Crippen molar-refractivity contribution in [3.8, 4) is 5.75 Å². The molecule has 0 spiro atoms. The fraction of sp³-hybridized carbons (Fsp3) is 0.400. The van der Waals surface area contributed by atoms with Crippen molar-refractivity contribution in [2.45, 2.75) is 32.1 Å². The van der Waals surface area contributed by atoms with Gasteiger partial charge in [-0.05, 0) is 44.0 Å². The van der Waals surface area contributed by atoms with Crippen molar-refractivity contribution in [3.05, 3.63) is 82.9 Å². The normalized spacial score (nSPS) is 19.6. The third-order valence-corrected chi connectivity index (χ3v) is 7.82. The average Bonchev–Trinajstić information content (AvgIpc) is 3.52. The molecule has 0 bridgehead atoms. The lowest BCUT2D eigenvalue weighted by Crippen LogP contribution is -2.46. The first kappa shape index (κ1) is 28.6. The molecule has 0 aliphatic carbocycles. The molecule has 2 aliphatic heterocycles. The van der Waals surface area contributed by atoms with Crippen LogP contribution < -0.4 is 9.64 Å². The summed E-state index contributed by atoms with van der Waals surface area (Å²) in [5.41, 5.74) is 3.20. The predicted molar refractivity (Wildman–Crippen MR) is 156 cm³/mol. The van der Waals surface area contributed by atoms with Crippen LogP contribution in [0.25, 0.3) is 0 Å². The van der Waals surface area contributed by atoms with Crippen molar-refractivity contribution in [1.82, 2.24) is 15.1 Å². The number of aromatic nitrogens is 2. The minimum atomic E-state index is -0.781. The van der Waals surface area contributed by atoms with Gasteiger partial charge in [0.1, 0.15) is 11.5 Å². The highest BCUT2D eigenvalue weighted by atomic mass is 35.5. The van der Waals surface area contributed by atoms with Gasteiger partial charge in [-0.2, -0.15) is 0 Å². The molecular formula is C30H34ClN5O5. The van der Waals surface area contributed by atoms with Crippen LogP contribution in [-0.4, -0.2) is 73.4 Å². The summed E-state index contributed by atoms with van der Waals surface area (Å²) in [6.45, 7) is 8.38. The van der Waals surface area contributed by atoms with Gasteiger partial charge in [0.25, 0.3) is 0 Å². The number of carbonyl (C=O) groups excluding carboxylic acids is 1. The number of rotatable bonds is 9. The number of piperazine rings is 1. The third-order valence-electron chi connectivity index (χ3n) is 7.48. The first-order valence-electron chi connectivity index (χ1n) is 13.7. The Morgan fingerprint density at radius 3 is 2.54 bits per heavy atom. The molecule has 1 fully saturated rings. The molecule has 41 heavy (non-hydrogen) atoms. The molecule has 1 saturated heterocycles. The summed E-state index contributed by atoms with van der Waals surface area (Å²) in [5, 5.41) is 8.49. The molecule has 2 aliphatic rings. The van der Waals surface area contributed by atoms with Gasteiger partial charge < -0.3 is 23.5 Å². The number of halogens is 1. The first-order valence-corrected chi connectivity index (χ1v) is 14.1. The van der Waals surface area contributed by atoms with E-state index in [1.165, 1.54) is 6.39 Å². The second kappa shape index (κ2) is 13.2. The first-order chi connectivity index (χ1) is 20.0. The number of hydrogen-bond acceptors (Lipinski definition) is 10. The summed E-state index contributed by atoms with van der Waals surface area (Å²) in [7, 11) is 1.70. The fourth-order valence-electron chi connectivity index (χ4n) is 5.50. The number of allylic oxidation sites excluding steroid dienone is 2. The van der Waals surface area contributed by atoms with E-state index in [4.69, 9.17) is 30.2 Å². The highest BCUT2D eigenvalue weighted by molar-refractivity contribution is 6.31. The minimum Gasteiger partial charge on any atom is -0.495 e. The van der Waals surface area contributed by atoms with Crippen LogP contribution >= 0.6 is 11.6 Å². The molecule has 3 aromatic rings. The second-order valence-electron chi connectivity index (χ2n) is 10.0. The van der Waals surface area contributed by atoms with E-state index < -0.39 is 18.0 Å². The summed E-state index contributed by atoms with van der Waals surface area (Å²) < 4.78 is 22.4. The Morgan fingerprint density at radius 1 is 1.05 bits per heavy atom. The molecular weight excluding hydrogens is 546 g/mol. The van der Waals surface area contributed by atoms with Crippen molar-refractivity contribution >= 4 is 29.2 Å². The molecule has 2 atom stereocenters. The topological polar surface area (TPSA) is 103 Å². The molecule has 2 unspecified atom stereocenters. The van der Waals surface area contributed by atoms with E-state index in [9.17, 15) is 4.79 Å². The summed E-state index contributed by atoms with van der Waals surface area (Å²) in [5.74, 6) is 0.665. The van der Waals surface area contributed by atoms with Crippen molar-refractivity contribution in [2.24, 2.45) is 4.99 Å². The van der Waals surface area contributed by atoms with Crippen molar-refractivity contribution < 1.29 is 23.4 Å². The number of anilines is 1. The maximum Gasteiger partial charge on any atom is 0.513 e. The van der Waals surface area contributed by atoms with E-state index in [0.717, 1.165) is 55.4 Å². The van der Waals surface area contributed by atoms with Crippen LogP contribution in [0.15, 0.2) is 75.8 Å². The Hall–Kier alpha value is -3.89. The molecule has 0 saturated carbocycles. The fourth-order valence-corrected chi connectivity index (χ4v) is 5.75. The molecule has 2 aromatic carbocycles. The van der Waals surface area contributed by atoms with Crippen molar-refractivity contribution in [2.75, 3.05) is 51.3 Å². The monoisotopic (exact) mass is 579 g/mol. The number of aliphatic imine (C=N–C) groups is 1. The number of ether oxygens (including phenoxy) is 3. The van der Waals surface area contributed by atoms with Gasteiger partial charge in [0.15, 0.2) is 0 Å². The maximum atomic E-state index is 12.9. The molecule has 11 heteroatoms. The van der Waals surface area contributed by atoms with Gasteiger partial charge in [-0.1, -0.05) is 41.9 Å². The number of methoxy groups -OCH3 is 1. The zero-order valence-corrected chi connectivity index (χ0v) is 24.2. The van der Waals surface area contributed by atoms with Gasteiger partial charge in [0.05, 0.1) is 36.9 Å². The molecule has 10 nitrogen and oxygen atoms in total. The Morgan fingerprint density at radius 2 is 1.80 bits per heavy atom. The van der Waals surface area contributed by atoms with Gasteiger partial charge in [-0.25, -0.2) is 4.79 Å². The lowest BCUT2D eigenvalue weighted by atomic mass is 9.79. The second-order valence-corrected chi connectivity index (χ2v) is 10.4. The summed E-state index contributed by atoms with van der Waals surface area (Å²) in [4.78, 5) is 22.2. The molecule has 0 amide bonds. The summed E-state index contributed by atoms with van der Waals surface area (Å²) in [6, 6.07) is 15.5. The Balaban J connectivity index is 1.17. The lowest BCUT2D eigenvalue weighted by Gasteiger charge is -2.36. The number of nitrogens with zero attached hydrogens (tertiary/aromatic N) is 5. The highest BCUT2D eigenvalue weighted by Crippen LogP contribution is 2.46. The van der Waals surface area contributed by atoms with E-state index in [1.54, 1.807) is 20.1 Å². The van der Waals surface area contributed by atoms with Crippen LogP contribution in [0.1, 0.15) is 43.6 Å². The summed E-state index contributed by atoms with van der Waals surface area (Å²) >= 11 is 6.60. The summed E-state index contributed by atoms with van der Waals surface area (Å²) in [6.07, 6.45) is 1.18. The number of carbonyl (C=O) groups is 1. The van der Waals surface area contributed by atoms with Crippen LogP contribution in [0.2, 0.25) is 5.02 Å². The standard InChI is InChI=1S/C30H34ClN5O5/c1-20-26(29-34-32-19-40-29)27(22-9-4-5-10-23(22)31)28(21(2)33-20)41-30(37)39-18-8-13-35-14-16-36(17-15-35)24-11-6-7-12-25(24)38-3/h4-7,9-12,19,26-27H,8,13-18H2,1-3H3. The van der Waals surface area contributed by atoms with Gasteiger partial charge in [-0.15, -0.1) is 10.2 Å². The van der Waals surface area contributed by atoms with Crippen LogP contribution in [0.5, 0.6) is 5.75 Å². The van der Waals surface area contributed by atoms with E-state index >= 15 is 0 Å². The SMILES string of the molecule is COc1ccccc1N1CCN(CCCOC(=O)OC2=C(C)N=C(C)C(c3nnco3)C2c2ccccc2Cl)CC1. The highest BCUT2D eigenvalue weighted by Gasteiger charge is 2.41. The molecule has 0 N–H and O–H groups in total. The zero-order chi connectivity index (χ0) is 28.8. The molecule has 1 aromatic heterocycles. The van der Waals surface area contributed by atoms with Gasteiger partial charge in [0, 0.05) is 43.5 Å². The van der Waals surface area contributed by atoms with Crippen LogP contribution in [0.4, 0.5) is 10.5 Å². The molecule has 5 rings (SSSR count). The maximum absolute atomic E-state index is 12.9. The number of hydrogen-bond donors (Lipinski definition) is 0. The van der Waals surface area contributed by atoms with Crippen LogP contribution in [-0.2, 0) is 9.47 Å². The molecule has 3 heterocycles. The zero-order valence-electron chi connectivity index (χ0n) is 23.5. The average molecular weight is 580 g/mol. The van der Waals surface area contributed by atoms with Gasteiger partial charge in [-0.3, -0.25) is 9.89 Å². The van der Waals surface area contributed by atoms with E-state index in [0.29, 0.717) is 28.8 Å². The Labute approximate surface area is 244 Å². The largest absolute Gasteiger partial charge is 0.513 e. The molecule has 0 radical (unpaired) electrons. The van der Waals surface area contributed by atoms with Crippen LogP contribution in [0.3, 0.4) is 0 Å². The van der Waals surface area contributed by atoms with Crippen LogP contribution in [0, 0.1) is 0 Å². The van der Waals surface area contributed by atoms with Crippen molar-refractivity contribution in [1.29, 1.82) is 0 Å². The predicted octanol–water partition coefficient (Wildman–Crippen LogP) is 5.67. The number of benzene rings is 2. The van der Waals surface area contributed by atoms with Crippen molar-refractivity contribution in [3.63, 3.8) is 0 Å². The third kappa shape index (κ3) is 6.55. The van der Waals surface area contributed by atoms with Gasteiger partial charge in [0.2, 0.25) is 12.3 Å². The molecule has 216 valence electrons. The lowest BCUT2D eigenvalue weighted by molar-refractivity contribution is 0.0676. The van der Waals surface area contributed by atoms with E-state index in [-0.39, 0.29) is 6.61 Å². The number of para-hydroxylation sites is 2. The smallest absolute Gasteiger partial charge is 0.495 e. The quantitative estimate of drug-likeness (QED) is 0.234. The minimum absolute atomic E-state index is 0.240. The Kier molecular flexibility index (Phi) is 9.21. The Bertz CT molecular complexity index is 1400. The van der Waals surface area contributed by atoms with E-state index in [1.807, 2.05) is 43.3 Å². The van der Waals surface area contributed by atoms with E-state index in [2.05, 4.69) is 31.1 Å².